The molecule has 5 nitrogen and oxygen atoms in total. The summed E-state index contributed by atoms with van der Waals surface area (Å²) in [6.45, 7) is 11.0. The lowest BCUT2D eigenvalue weighted by Gasteiger charge is -2.11. The van der Waals surface area contributed by atoms with E-state index < -0.39 is 0 Å². The normalized spacial score (nSPS) is 29.8. The Labute approximate surface area is 108 Å². The first-order chi connectivity index (χ1) is 8.34. The Bertz CT molecular complexity index is 448. The van der Waals surface area contributed by atoms with E-state index >= 15 is 0 Å². The fourth-order valence-corrected chi connectivity index (χ4v) is 3.38. The van der Waals surface area contributed by atoms with Crippen LogP contribution in [-0.4, -0.2) is 34.3 Å². The van der Waals surface area contributed by atoms with Crippen molar-refractivity contribution < 1.29 is 0 Å². The molecular formula is C13H23N5. The first-order valence-corrected chi connectivity index (χ1v) is 6.77. The van der Waals surface area contributed by atoms with Crippen molar-refractivity contribution in [3.05, 3.63) is 5.82 Å². The van der Waals surface area contributed by atoms with Gasteiger partial charge in [-0.2, -0.15) is 4.98 Å². The van der Waals surface area contributed by atoms with Crippen LogP contribution in [0.1, 0.15) is 45.9 Å². The minimum atomic E-state index is 0.265. The van der Waals surface area contributed by atoms with E-state index in [1.54, 1.807) is 0 Å². The van der Waals surface area contributed by atoms with E-state index in [9.17, 15) is 0 Å². The molecule has 1 atom stereocenters. The molecule has 0 radical (unpaired) electrons. The molecular weight excluding hydrogens is 226 g/mol. The summed E-state index contributed by atoms with van der Waals surface area (Å²) in [6, 6.07) is 0.265. The van der Waals surface area contributed by atoms with Gasteiger partial charge in [0.15, 0.2) is 0 Å². The molecule has 0 amide bonds. The lowest BCUT2D eigenvalue weighted by Crippen LogP contribution is -2.27. The van der Waals surface area contributed by atoms with Gasteiger partial charge in [0.05, 0.1) is 0 Å². The Kier molecular flexibility index (Phi) is 2.31. The molecule has 1 aliphatic heterocycles. The molecule has 100 valence electrons. The van der Waals surface area contributed by atoms with Crippen molar-refractivity contribution in [1.82, 2.24) is 15.2 Å². The smallest absolute Gasteiger partial charge is 0.244 e. The van der Waals surface area contributed by atoms with Crippen molar-refractivity contribution in [2.45, 2.75) is 46.1 Å². The van der Waals surface area contributed by atoms with Crippen molar-refractivity contribution in [3.63, 3.8) is 0 Å². The van der Waals surface area contributed by atoms with Crippen LogP contribution in [0.3, 0.4) is 0 Å². The average molecular weight is 249 g/mol. The summed E-state index contributed by atoms with van der Waals surface area (Å²) in [5.74, 6) is 2.32. The van der Waals surface area contributed by atoms with Gasteiger partial charge < -0.3 is 10.6 Å². The van der Waals surface area contributed by atoms with Crippen molar-refractivity contribution >= 4 is 5.95 Å². The Hall–Kier alpha value is -1.10. The van der Waals surface area contributed by atoms with E-state index in [4.69, 9.17) is 5.73 Å². The Morgan fingerprint density at radius 3 is 2.44 bits per heavy atom. The van der Waals surface area contributed by atoms with Crippen molar-refractivity contribution in [2.75, 3.05) is 18.0 Å². The maximum atomic E-state index is 5.92. The summed E-state index contributed by atoms with van der Waals surface area (Å²) < 4.78 is 0. The third-order valence-electron chi connectivity index (χ3n) is 5.29. The van der Waals surface area contributed by atoms with Crippen LogP contribution in [0, 0.1) is 10.8 Å². The van der Waals surface area contributed by atoms with Gasteiger partial charge in [0, 0.05) is 25.0 Å². The zero-order valence-corrected chi connectivity index (χ0v) is 11.7. The fourth-order valence-electron chi connectivity index (χ4n) is 3.38. The highest BCUT2D eigenvalue weighted by molar-refractivity contribution is 5.35. The van der Waals surface area contributed by atoms with Crippen molar-refractivity contribution in [2.24, 2.45) is 16.6 Å². The Morgan fingerprint density at radius 1 is 1.28 bits per heavy atom. The molecule has 0 spiro atoms. The zero-order chi connectivity index (χ0) is 13.1. The number of aromatic nitrogens is 3. The van der Waals surface area contributed by atoms with Crippen LogP contribution in [0.5, 0.6) is 0 Å². The molecule has 3 rings (SSSR count). The predicted octanol–water partition coefficient (Wildman–Crippen LogP) is 1.49. The van der Waals surface area contributed by atoms with Crippen LogP contribution in [0.15, 0.2) is 0 Å². The Morgan fingerprint density at radius 2 is 1.94 bits per heavy atom. The second kappa shape index (κ2) is 3.47. The van der Waals surface area contributed by atoms with Gasteiger partial charge in [0.2, 0.25) is 5.95 Å². The standard InChI is InChI=1S/C13H23N5/c1-12(2)9(13(12,3)4)10-15-11(17-16-10)18-6-5-8(14)7-18/h8-9H,5-7,14H2,1-4H3,(H,15,16,17). The first kappa shape index (κ1) is 12.0. The van der Waals surface area contributed by atoms with E-state index in [0.29, 0.717) is 16.7 Å². The highest BCUT2D eigenvalue weighted by Gasteiger charge is 2.66. The number of hydrogen-bond acceptors (Lipinski definition) is 4. The molecule has 5 heteroatoms. The highest BCUT2D eigenvalue weighted by atomic mass is 15.4. The largest absolute Gasteiger partial charge is 0.338 e. The van der Waals surface area contributed by atoms with Crippen LogP contribution in [0.25, 0.3) is 0 Å². The lowest BCUT2D eigenvalue weighted by atomic mass is 10.0. The van der Waals surface area contributed by atoms with Gasteiger partial charge in [-0.05, 0) is 17.3 Å². The molecule has 2 fully saturated rings. The number of aromatic amines is 1. The average Bonchev–Trinajstić information content (AvgIpc) is 2.75. The van der Waals surface area contributed by atoms with Crippen LogP contribution in [0.2, 0.25) is 0 Å². The van der Waals surface area contributed by atoms with Crippen molar-refractivity contribution in [1.29, 1.82) is 0 Å². The van der Waals surface area contributed by atoms with Crippen LogP contribution in [0.4, 0.5) is 5.95 Å². The van der Waals surface area contributed by atoms with E-state index in [2.05, 4.69) is 47.8 Å². The lowest BCUT2D eigenvalue weighted by molar-refractivity contribution is 0.457. The summed E-state index contributed by atoms with van der Waals surface area (Å²) in [7, 11) is 0. The number of nitrogens with zero attached hydrogens (tertiary/aromatic N) is 3. The first-order valence-electron chi connectivity index (χ1n) is 6.77. The summed E-state index contributed by atoms with van der Waals surface area (Å²) >= 11 is 0. The summed E-state index contributed by atoms with van der Waals surface area (Å²) in [5.41, 5.74) is 6.51. The number of anilines is 1. The van der Waals surface area contributed by atoms with Crippen LogP contribution < -0.4 is 10.6 Å². The molecule has 3 N–H and O–H groups in total. The molecule has 1 aliphatic carbocycles. The quantitative estimate of drug-likeness (QED) is 0.833. The Balaban J connectivity index is 1.79. The van der Waals surface area contributed by atoms with Gasteiger partial charge >= 0.3 is 0 Å². The number of rotatable bonds is 2. The summed E-state index contributed by atoms with van der Waals surface area (Å²) in [5, 5.41) is 7.49. The van der Waals surface area contributed by atoms with E-state index in [1.165, 1.54) is 0 Å². The SMILES string of the molecule is CC1(C)C(c2nc(N3CCC(N)C3)n[nH]2)C1(C)C. The van der Waals surface area contributed by atoms with Gasteiger partial charge in [-0.25, -0.2) is 0 Å². The number of nitrogens with one attached hydrogen (secondary N) is 1. The summed E-state index contributed by atoms with van der Waals surface area (Å²) in [6.07, 6.45) is 1.03. The molecule has 0 bridgehead atoms. The van der Waals surface area contributed by atoms with Crippen LogP contribution in [-0.2, 0) is 0 Å². The second-order valence-corrected chi connectivity index (χ2v) is 6.89. The van der Waals surface area contributed by atoms with Gasteiger partial charge in [-0.1, -0.05) is 27.7 Å². The third kappa shape index (κ3) is 1.49. The molecule has 18 heavy (non-hydrogen) atoms. The molecule has 1 aromatic heterocycles. The molecule has 2 heterocycles. The monoisotopic (exact) mass is 249 g/mol. The maximum absolute atomic E-state index is 5.92. The molecule has 0 aromatic carbocycles. The van der Waals surface area contributed by atoms with Gasteiger partial charge in [0.1, 0.15) is 5.82 Å². The third-order valence-corrected chi connectivity index (χ3v) is 5.29. The number of hydrogen-bond donors (Lipinski definition) is 2. The van der Waals surface area contributed by atoms with Gasteiger partial charge in [-0.3, -0.25) is 5.10 Å². The zero-order valence-electron chi connectivity index (χ0n) is 11.7. The summed E-state index contributed by atoms with van der Waals surface area (Å²) in [4.78, 5) is 6.86. The topological polar surface area (TPSA) is 70.8 Å². The predicted molar refractivity (Wildman–Crippen MR) is 71.5 cm³/mol. The van der Waals surface area contributed by atoms with E-state index in [-0.39, 0.29) is 6.04 Å². The fraction of sp³-hybridized carbons (Fsp3) is 0.846. The second-order valence-electron chi connectivity index (χ2n) is 6.89. The van der Waals surface area contributed by atoms with Gasteiger partial charge in [0.25, 0.3) is 0 Å². The van der Waals surface area contributed by atoms with E-state index in [1.807, 2.05) is 0 Å². The molecule has 1 unspecified atom stereocenters. The molecule has 2 aliphatic rings. The highest BCUT2D eigenvalue weighted by Crippen LogP contribution is 2.72. The van der Waals surface area contributed by atoms with E-state index in [0.717, 1.165) is 31.3 Å². The number of nitrogens with two attached hydrogens (primary N) is 1. The maximum Gasteiger partial charge on any atom is 0.244 e. The molecule has 1 saturated carbocycles. The van der Waals surface area contributed by atoms with Crippen molar-refractivity contribution in [3.8, 4) is 0 Å². The van der Waals surface area contributed by atoms with Gasteiger partial charge in [-0.15, -0.1) is 5.10 Å². The molecule has 1 aromatic rings. The minimum absolute atomic E-state index is 0.265. The molecule has 1 saturated heterocycles. The minimum Gasteiger partial charge on any atom is -0.338 e. The van der Waals surface area contributed by atoms with Crippen LogP contribution >= 0.6 is 0 Å². The number of H-pyrrole nitrogens is 1.